The standard InChI is InChI=1S/C12H15ClF3N/c1-8(7-12(14,15)16)17-9(2)10-5-3-4-6-11(10)13/h3-6,8-9,17H,7H2,1-2H3. The lowest BCUT2D eigenvalue weighted by molar-refractivity contribution is -0.139. The summed E-state index contributed by atoms with van der Waals surface area (Å²) in [5.41, 5.74) is 0.809. The molecule has 0 heterocycles. The summed E-state index contributed by atoms with van der Waals surface area (Å²) in [7, 11) is 0. The van der Waals surface area contributed by atoms with Gasteiger partial charge in [-0.25, -0.2) is 0 Å². The van der Waals surface area contributed by atoms with Gasteiger partial charge in [0.05, 0.1) is 6.42 Å². The van der Waals surface area contributed by atoms with E-state index in [0.29, 0.717) is 5.02 Å². The van der Waals surface area contributed by atoms with Crippen molar-refractivity contribution in [3.8, 4) is 0 Å². The third-order valence-corrected chi connectivity index (χ3v) is 2.79. The maximum atomic E-state index is 12.2. The normalized spacial score (nSPS) is 15.6. The van der Waals surface area contributed by atoms with E-state index >= 15 is 0 Å². The zero-order chi connectivity index (χ0) is 13.1. The summed E-state index contributed by atoms with van der Waals surface area (Å²) in [6, 6.07) is 6.29. The number of rotatable bonds is 4. The fourth-order valence-electron chi connectivity index (χ4n) is 1.75. The van der Waals surface area contributed by atoms with Crippen molar-refractivity contribution >= 4 is 11.6 Å². The van der Waals surface area contributed by atoms with Gasteiger partial charge >= 0.3 is 6.18 Å². The molecule has 0 saturated heterocycles. The zero-order valence-electron chi connectivity index (χ0n) is 9.68. The molecular formula is C12H15ClF3N. The SMILES string of the molecule is CC(CC(F)(F)F)NC(C)c1ccccc1Cl. The third-order valence-electron chi connectivity index (χ3n) is 2.44. The van der Waals surface area contributed by atoms with Gasteiger partial charge in [0.15, 0.2) is 0 Å². The maximum absolute atomic E-state index is 12.2. The fraction of sp³-hybridized carbons (Fsp3) is 0.500. The van der Waals surface area contributed by atoms with Crippen LogP contribution in [0.25, 0.3) is 0 Å². The van der Waals surface area contributed by atoms with Crippen LogP contribution in [0.15, 0.2) is 24.3 Å². The topological polar surface area (TPSA) is 12.0 Å². The first-order valence-electron chi connectivity index (χ1n) is 5.37. The zero-order valence-corrected chi connectivity index (χ0v) is 10.4. The van der Waals surface area contributed by atoms with Gasteiger partial charge < -0.3 is 5.32 Å². The average molecular weight is 266 g/mol. The van der Waals surface area contributed by atoms with Crippen LogP contribution in [-0.2, 0) is 0 Å². The second-order valence-corrected chi connectivity index (χ2v) is 4.54. The maximum Gasteiger partial charge on any atom is 0.390 e. The largest absolute Gasteiger partial charge is 0.390 e. The van der Waals surface area contributed by atoms with Crippen molar-refractivity contribution in [1.29, 1.82) is 0 Å². The molecule has 1 aromatic carbocycles. The Bertz CT molecular complexity index is 365. The Morgan fingerprint density at radius 2 is 1.82 bits per heavy atom. The minimum Gasteiger partial charge on any atom is -0.307 e. The van der Waals surface area contributed by atoms with Crippen molar-refractivity contribution < 1.29 is 13.2 Å². The summed E-state index contributed by atoms with van der Waals surface area (Å²) in [4.78, 5) is 0. The molecule has 1 rings (SSSR count). The second-order valence-electron chi connectivity index (χ2n) is 4.13. The summed E-state index contributed by atoms with van der Waals surface area (Å²) in [5, 5.41) is 3.45. The van der Waals surface area contributed by atoms with Gasteiger partial charge in [-0.05, 0) is 25.5 Å². The Balaban J connectivity index is 2.61. The van der Waals surface area contributed by atoms with Crippen molar-refractivity contribution in [3.05, 3.63) is 34.9 Å². The van der Waals surface area contributed by atoms with Crippen molar-refractivity contribution in [1.82, 2.24) is 5.32 Å². The molecule has 0 radical (unpaired) electrons. The Morgan fingerprint density at radius 1 is 1.24 bits per heavy atom. The van der Waals surface area contributed by atoms with Gasteiger partial charge in [-0.15, -0.1) is 0 Å². The first-order chi connectivity index (χ1) is 7.79. The molecule has 2 unspecified atom stereocenters. The van der Waals surface area contributed by atoms with Crippen LogP contribution in [-0.4, -0.2) is 12.2 Å². The van der Waals surface area contributed by atoms with E-state index in [-0.39, 0.29) is 6.04 Å². The summed E-state index contributed by atoms with van der Waals surface area (Å²) in [6.45, 7) is 3.31. The number of benzene rings is 1. The van der Waals surface area contributed by atoms with Gasteiger partial charge in [0.1, 0.15) is 0 Å². The van der Waals surface area contributed by atoms with Gasteiger partial charge in [-0.3, -0.25) is 0 Å². The van der Waals surface area contributed by atoms with Crippen LogP contribution in [0.1, 0.15) is 31.9 Å². The van der Waals surface area contributed by atoms with E-state index in [1.807, 2.05) is 6.07 Å². The second kappa shape index (κ2) is 5.74. The van der Waals surface area contributed by atoms with Crippen LogP contribution in [0.4, 0.5) is 13.2 Å². The van der Waals surface area contributed by atoms with Crippen molar-refractivity contribution in [2.45, 2.75) is 38.5 Å². The summed E-state index contributed by atoms with van der Waals surface area (Å²) < 4.78 is 36.5. The molecule has 0 bridgehead atoms. The molecule has 0 fully saturated rings. The van der Waals surface area contributed by atoms with E-state index < -0.39 is 18.6 Å². The first kappa shape index (κ1) is 14.3. The van der Waals surface area contributed by atoms with E-state index in [1.54, 1.807) is 25.1 Å². The van der Waals surface area contributed by atoms with Crippen LogP contribution in [0.5, 0.6) is 0 Å². The van der Waals surface area contributed by atoms with Gasteiger partial charge in [0.2, 0.25) is 0 Å². The molecule has 1 N–H and O–H groups in total. The molecular weight excluding hydrogens is 251 g/mol. The lowest BCUT2D eigenvalue weighted by Gasteiger charge is -2.22. The highest BCUT2D eigenvalue weighted by Crippen LogP contribution is 2.25. The van der Waals surface area contributed by atoms with Crippen LogP contribution >= 0.6 is 11.6 Å². The highest BCUT2D eigenvalue weighted by molar-refractivity contribution is 6.31. The molecule has 0 saturated carbocycles. The molecule has 1 nitrogen and oxygen atoms in total. The van der Waals surface area contributed by atoms with Crippen LogP contribution in [0.2, 0.25) is 5.02 Å². The molecule has 96 valence electrons. The molecule has 0 aliphatic carbocycles. The van der Waals surface area contributed by atoms with E-state index in [2.05, 4.69) is 5.32 Å². The van der Waals surface area contributed by atoms with E-state index in [0.717, 1.165) is 5.56 Å². The molecule has 5 heteroatoms. The smallest absolute Gasteiger partial charge is 0.307 e. The van der Waals surface area contributed by atoms with E-state index in [9.17, 15) is 13.2 Å². The van der Waals surface area contributed by atoms with Crippen molar-refractivity contribution in [2.75, 3.05) is 0 Å². The van der Waals surface area contributed by atoms with Crippen molar-refractivity contribution in [2.24, 2.45) is 0 Å². The molecule has 0 amide bonds. The number of hydrogen-bond acceptors (Lipinski definition) is 1. The number of nitrogens with one attached hydrogen (secondary N) is 1. The Kier molecular flexibility index (Phi) is 4.83. The minimum atomic E-state index is -4.15. The van der Waals surface area contributed by atoms with Crippen LogP contribution in [0.3, 0.4) is 0 Å². The van der Waals surface area contributed by atoms with Crippen LogP contribution in [0, 0.1) is 0 Å². The number of halogens is 4. The number of alkyl halides is 3. The molecule has 0 aliphatic rings. The van der Waals surface area contributed by atoms with Gasteiger partial charge in [0, 0.05) is 17.1 Å². The predicted octanol–water partition coefficient (Wildman–Crippen LogP) is 4.33. The van der Waals surface area contributed by atoms with Gasteiger partial charge in [-0.2, -0.15) is 13.2 Å². The monoisotopic (exact) mass is 265 g/mol. The van der Waals surface area contributed by atoms with Gasteiger partial charge in [-0.1, -0.05) is 29.8 Å². The molecule has 2 atom stereocenters. The van der Waals surface area contributed by atoms with Crippen molar-refractivity contribution in [3.63, 3.8) is 0 Å². The van der Waals surface area contributed by atoms with Crippen LogP contribution < -0.4 is 5.32 Å². The van der Waals surface area contributed by atoms with E-state index in [1.165, 1.54) is 6.92 Å². The number of hydrogen-bond donors (Lipinski definition) is 1. The summed E-state index contributed by atoms with van der Waals surface area (Å²) >= 11 is 5.97. The highest BCUT2D eigenvalue weighted by atomic mass is 35.5. The van der Waals surface area contributed by atoms with E-state index in [4.69, 9.17) is 11.6 Å². The lowest BCUT2D eigenvalue weighted by atomic mass is 10.1. The average Bonchev–Trinajstić information content (AvgIpc) is 2.14. The van der Waals surface area contributed by atoms with Gasteiger partial charge in [0.25, 0.3) is 0 Å². The predicted molar refractivity (Wildman–Crippen MR) is 63.1 cm³/mol. The lowest BCUT2D eigenvalue weighted by Crippen LogP contribution is -2.33. The molecule has 0 spiro atoms. The molecule has 0 aliphatic heterocycles. The molecule has 17 heavy (non-hydrogen) atoms. The molecule has 0 aromatic heterocycles. The fourth-order valence-corrected chi connectivity index (χ4v) is 2.05. The quantitative estimate of drug-likeness (QED) is 0.854. The summed E-state index contributed by atoms with van der Waals surface area (Å²) in [5.74, 6) is 0. The Hall–Kier alpha value is -0.740. The Morgan fingerprint density at radius 3 is 2.35 bits per heavy atom. The summed E-state index contributed by atoms with van der Waals surface area (Å²) in [6.07, 6.45) is -4.99. The molecule has 1 aromatic rings. The minimum absolute atomic E-state index is 0.207. The third kappa shape index (κ3) is 4.96. The highest BCUT2D eigenvalue weighted by Gasteiger charge is 2.30. The Labute approximate surface area is 104 Å². The first-order valence-corrected chi connectivity index (χ1v) is 5.74.